The molecule has 1 aliphatic rings. The van der Waals surface area contributed by atoms with Crippen molar-refractivity contribution in [3.8, 4) is 0 Å². The minimum Gasteiger partial charge on any atom is -0.481 e. The summed E-state index contributed by atoms with van der Waals surface area (Å²) in [4.78, 5) is 24.1. The van der Waals surface area contributed by atoms with E-state index in [1.165, 1.54) is 0 Å². The number of nitrogens with zero attached hydrogens (tertiary/aromatic N) is 1. The van der Waals surface area contributed by atoms with Gasteiger partial charge in [-0.1, -0.05) is 19.1 Å². The molecule has 1 heterocycles. The van der Waals surface area contributed by atoms with Crippen molar-refractivity contribution < 1.29 is 14.7 Å². The van der Waals surface area contributed by atoms with E-state index in [1.807, 2.05) is 17.0 Å². The topological polar surface area (TPSA) is 83.6 Å². The molecular formula is C13H16N2O3. The molecule has 1 unspecified atom stereocenters. The number of carbonyl (C=O) groups excluding carboxylic acids is 1. The molecule has 0 spiro atoms. The van der Waals surface area contributed by atoms with Gasteiger partial charge in [-0.25, -0.2) is 0 Å². The van der Waals surface area contributed by atoms with Crippen LogP contribution in [0.3, 0.4) is 0 Å². The van der Waals surface area contributed by atoms with Crippen LogP contribution in [0.2, 0.25) is 0 Å². The van der Waals surface area contributed by atoms with Gasteiger partial charge in [0.25, 0.3) is 5.91 Å². The van der Waals surface area contributed by atoms with Crippen LogP contribution in [0.4, 0.5) is 5.69 Å². The number of anilines is 1. The average Bonchev–Trinajstić information content (AvgIpc) is 2.27. The number of rotatable bonds is 4. The highest BCUT2D eigenvalue weighted by Gasteiger charge is 2.35. The second-order valence-electron chi connectivity index (χ2n) is 4.67. The Morgan fingerprint density at radius 2 is 2.00 bits per heavy atom. The lowest BCUT2D eigenvalue weighted by atomic mass is 9.86. The van der Waals surface area contributed by atoms with Crippen LogP contribution in [0.5, 0.6) is 0 Å². The first kappa shape index (κ1) is 12.4. The van der Waals surface area contributed by atoms with Gasteiger partial charge in [-0.05, 0) is 12.1 Å². The van der Waals surface area contributed by atoms with E-state index in [1.54, 1.807) is 19.1 Å². The third kappa shape index (κ3) is 2.16. The molecule has 3 N–H and O–H groups in total. The normalized spacial score (nSPS) is 17.1. The first-order valence-electron chi connectivity index (χ1n) is 5.87. The monoisotopic (exact) mass is 248 g/mol. The van der Waals surface area contributed by atoms with Gasteiger partial charge in [0.05, 0.1) is 11.5 Å². The van der Waals surface area contributed by atoms with Crippen LogP contribution in [0, 0.1) is 11.8 Å². The molecule has 0 aliphatic carbocycles. The molecular weight excluding hydrogens is 232 g/mol. The van der Waals surface area contributed by atoms with Crippen LogP contribution in [0.1, 0.15) is 17.3 Å². The van der Waals surface area contributed by atoms with Gasteiger partial charge in [0.1, 0.15) is 0 Å². The summed E-state index contributed by atoms with van der Waals surface area (Å²) in [6, 6.07) is 7.13. The maximum absolute atomic E-state index is 11.3. The molecule has 1 amide bonds. The van der Waals surface area contributed by atoms with Gasteiger partial charge in [-0.15, -0.1) is 0 Å². The molecule has 1 aliphatic heterocycles. The predicted octanol–water partition coefficient (Wildman–Crippen LogP) is 0.942. The van der Waals surface area contributed by atoms with Crippen molar-refractivity contribution in [3.63, 3.8) is 0 Å². The number of carboxylic acids is 1. The first-order valence-corrected chi connectivity index (χ1v) is 5.87. The van der Waals surface area contributed by atoms with Crippen LogP contribution in [0.25, 0.3) is 0 Å². The summed E-state index contributed by atoms with van der Waals surface area (Å²) < 4.78 is 0. The smallest absolute Gasteiger partial charge is 0.306 e. The van der Waals surface area contributed by atoms with Crippen LogP contribution < -0.4 is 10.6 Å². The molecule has 1 aromatic rings. The number of hydrogen-bond acceptors (Lipinski definition) is 3. The van der Waals surface area contributed by atoms with Gasteiger partial charge in [0, 0.05) is 24.7 Å². The van der Waals surface area contributed by atoms with Crippen LogP contribution in [-0.2, 0) is 4.79 Å². The molecule has 5 heteroatoms. The highest BCUT2D eigenvalue weighted by Crippen LogP contribution is 2.31. The molecule has 5 nitrogen and oxygen atoms in total. The number of hydrogen-bond donors (Lipinski definition) is 2. The number of benzene rings is 1. The summed E-state index contributed by atoms with van der Waals surface area (Å²) in [5.74, 6) is -1.46. The third-order valence-electron chi connectivity index (χ3n) is 3.52. The van der Waals surface area contributed by atoms with Crippen LogP contribution in [0.15, 0.2) is 24.3 Å². The SMILES string of the molecule is CC(C(=O)O)C1CN(c2ccccc2C(N)=O)C1. The zero-order valence-corrected chi connectivity index (χ0v) is 10.2. The lowest BCUT2D eigenvalue weighted by molar-refractivity contribution is -0.143. The molecule has 96 valence electrons. The zero-order valence-electron chi connectivity index (χ0n) is 10.2. The Bertz CT molecular complexity index is 481. The highest BCUT2D eigenvalue weighted by atomic mass is 16.4. The number of aliphatic carboxylic acids is 1. The lowest BCUT2D eigenvalue weighted by Crippen LogP contribution is -2.51. The molecule has 1 saturated heterocycles. The fourth-order valence-corrected chi connectivity index (χ4v) is 2.18. The molecule has 0 bridgehead atoms. The van der Waals surface area contributed by atoms with E-state index in [9.17, 15) is 9.59 Å². The van der Waals surface area contributed by atoms with Gasteiger partial charge in [0.2, 0.25) is 0 Å². The Hall–Kier alpha value is -2.04. The summed E-state index contributed by atoms with van der Waals surface area (Å²) in [6.45, 7) is 3.01. The molecule has 18 heavy (non-hydrogen) atoms. The van der Waals surface area contributed by atoms with Gasteiger partial charge in [-0.3, -0.25) is 9.59 Å². The lowest BCUT2D eigenvalue weighted by Gasteiger charge is -2.43. The summed E-state index contributed by atoms with van der Waals surface area (Å²) in [7, 11) is 0. The number of carboxylic acid groups (broad SMARTS) is 1. The van der Waals surface area contributed by atoms with Gasteiger partial charge in [0.15, 0.2) is 0 Å². The summed E-state index contributed by atoms with van der Waals surface area (Å²) in [5.41, 5.74) is 6.59. The predicted molar refractivity (Wildman–Crippen MR) is 67.5 cm³/mol. The van der Waals surface area contributed by atoms with Gasteiger partial charge < -0.3 is 15.7 Å². The molecule has 0 saturated carbocycles. The molecule has 0 radical (unpaired) electrons. The van der Waals surface area contributed by atoms with Crippen molar-refractivity contribution in [2.75, 3.05) is 18.0 Å². The van der Waals surface area contributed by atoms with Crippen molar-refractivity contribution in [2.24, 2.45) is 17.6 Å². The Labute approximate surface area is 105 Å². The summed E-state index contributed by atoms with van der Waals surface area (Å²) in [6.07, 6.45) is 0. The summed E-state index contributed by atoms with van der Waals surface area (Å²) >= 11 is 0. The quantitative estimate of drug-likeness (QED) is 0.830. The fourth-order valence-electron chi connectivity index (χ4n) is 2.18. The number of amides is 1. The first-order chi connectivity index (χ1) is 8.50. The van der Waals surface area contributed by atoms with Crippen molar-refractivity contribution in [2.45, 2.75) is 6.92 Å². The van der Waals surface area contributed by atoms with Crippen molar-refractivity contribution in [1.82, 2.24) is 0 Å². The largest absolute Gasteiger partial charge is 0.481 e. The van der Waals surface area contributed by atoms with E-state index < -0.39 is 11.9 Å². The second-order valence-corrected chi connectivity index (χ2v) is 4.67. The van der Waals surface area contributed by atoms with E-state index in [4.69, 9.17) is 10.8 Å². The summed E-state index contributed by atoms with van der Waals surface area (Å²) in [5, 5.41) is 8.92. The maximum Gasteiger partial charge on any atom is 0.306 e. The molecule has 1 aromatic carbocycles. The van der Waals surface area contributed by atoms with Gasteiger partial charge in [-0.2, -0.15) is 0 Å². The van der Waals surface area contributed by atoms with E-state index in [-0.39, 0.29) is 11.8 Å². The minimum atomic E-state index is -0.775. The van der Waals surface area contributed by atoms with Crippen molar-refractivity contribution in [3.05, 3.63) is 29.8 Å². The Morgan fingerprint density at radius 3 is 2.56 bits per heavy atom. The highest BCUT2D eigenvalue weighted by molar-refractivity contribution is 5.98. The van der Waals surface area contributed by atoms with Crippen molar-refractivity contribution >= 4 is 17.6 Å². The maximum atomic E-state index is 11.3. The van der Waals surface area contributed by atoms with Crippen LogP contribution in [-0.4, -0.2) is 30.1 Å². The van der Waals surface area contributed by atoms with Crippen LogP contribution >= 0.6 is 0 Å². The zero-order chi connectivity index (χ0) is 13.3. The van der Waals surface area contributed by atoms with E-state index >= 15 is 0 Å². The molecule has 1 atom stereocenters. The Morgan fingerprint density at radius 1 is 1.39 bits per heavy atom. The second kappa shape index (κ2) is 4.68. The Balaban J connectivity index is 2.09. The van der Waals surface area contributed by atoms with E-state index in [2.05, 4.69) is 0 Å². The standard InChI is InChI=1S/C13H16N2O3/c1-8(13(17)18)9-6-15(7-9)11-5-3-2-4-10(11)12(14)16/h2-5,8-9H,6-7H2,1H3,(H2,14,16)(H,17,18). The number of para-hydroxylation sites is 1. The number of primary amides is 1. The third-order valence-corrected chi connectivity index (χ3v) is 3.52. The molecule has 0 aromatic heterocycles. The van der Waals surface area contributed by atoms with E-state index in [0.29, 0.717) is 18.7 Å². The van der Waals surface area contributed by atoms with Gasteiger partial charge >= 0.3 is 5.97 Å². The average molecular weight is 248 g/mol. The Kier molecular flexibility index (Phi) is 3.23. The molecule has 1 fully saturated rings. The van der Waals surface area contributed by atoms with Crippen molar-refractivity contribution in [1.29, 1.82) is 0 Å². The minimum absolute atomic E-state index is 0.128. The number of nitrogens with two attached hydrogens (primary N) is 1. The number of carbonyl (C=O) groups is 2. The fraction of sp³-hybridized carbons (Fsp3) is 0.385. The molecule has 2 rings (SSSR count). The van der Waals surface area contributed by atoms with E-state index in [0.717, 1.165) is 5.69 Å².